The molecule has 1 amide bonds. The highest BCUT2D eigenvalue weighted by Gasteiger charge is 2.28. The summed E-state index contributed by atoms with van der Waals surface area (Å²) in [7, 11) is -0.999. The minimum atomic E-state index is -0.999. The van der Waals surface area contributed by atoms with Crippen molar-refractivity contribution in [1.82, 2.24) is 5.32 Å². The highest BCUT2D eigenvalue weighted by atomic mass is 32.2. The number of carbonyl (C=O) groups excluding carboxylic acids is 1. The number of hydrogen-bond donors (Lipinski definition) is 1. The van der Waals surface area contributed by atoms with Gasteiger partial charge >= 0.3 is 0 Å². The molecular formula is C16H23NO2S. The fraction of sp³-hybridized carbons (Fsp3) is 0.562. The van der Waals surface area contributed by atoms with Crippen molar-refractivity contribution in [2.75, 3.05) is 6.26 Å². The molecule has 1 aromatic carbocycles. The van der Waals surface area contributed by atoms with E-state index in [4.69, 9.17) is 0 Å². The summed E-state index contributed by atoms with van der Waals surface area (Å²) in [5.41, 5.74) is 0.643. The first-order valence-electron chi connectivity index (χ1n) is 7.23. The Bertz CT molecular complexity index is 498. The van der Waals surface area contributed by atoms with Gasteiger partial charge in [-0.3, -0.25) is 9.00 Å². The third-order valence-corrected chi connectivity index (χ3v) is 5.41. The van der Waals surface area contributed by atoms with E-state index in [-0.39, 0.29) is 11.9 Å². The van der Waals surface area contributed by atoms with E-state index in [1.54, 1.807) is 30.5 Å². The summed E-state index contributed by atoms with van der Waals surface area (Å²) in [4.78, 5) is 13.0. The van der Waals surface area contributed by atoms with Crippen LogP contribution in [-0.2, 0) is 10.8 Å². The molecule has 0 aliphatic heterocycles. The third-order valence-electron chi connectivity index (χ3n) is 4.47. The van der Waals surface area contributed by atoms with Crippen molar-refractivity contribution >= 4 is 16.7 Å². The highest BCUT2D eigenvalue weighted by molar-refractivity contribution is 7.84. The van der Waals surface area contributed by atoms with Crippen LogP contribution >= 0.6 is 0 Å². The summed E-state index contributed by atoms with van der Waals surface area (Å²) in [5, 5.41) is 3.15. The van der Waals surface area contributed by atoms with Crippen LogP contribution in [0.4, 0.5) is 0 Å². The summed E-state index contributed by atoms with van der Waals surface area (Å²) in [6.45, 7) is 4.48. The third kappa shape index (κ3) is 3.48. The molecule has 0 radical (unpaired) electrons. The van der Waals surface area contributed by atoms with Gasteiger partial charge in [-0.2, -0.15) is 0 Å². The van der Waals surface area contributed by atoms with Crippen LogP contribution in [0.2, 0.25) is 0 Å². The zero-order valence-corrected chi connectivity index (χ0v) is 13.2. The molecule has 1 fully saturated rings. The van der Waals surface area contributed by atoms with Crippen molar-refractivity contribution in [3.05, 3.63) is 29.8 Å². The minimum Gasteiger partial charge on any atom is -0.349 e. The van der Waals surface area contributed by atoms with E-state index in [0.717, 1.165) is 11.3 Å². The van der Waals surface area contributed by atoms with Crippen molar-refractivity contribution < 1.29 is 9.00 Å². The van der Waals surface area contributed by atoms with Gasteiger partial charge in [-0.25, -0.2) is 0 Å². The topological polar surface area (TPSA) is 46.2 Å². The van der Waals surface area contributed by atoms with Crippen LogP contribution in [0.3, 0.4) is 0 Å². The molecule has 110 valence electrons. The first-order chi connectivity index (χ1) is 9.49. The van der Waals surface area contributed by atoms with E-state index in [0.29, 0.717) is 17.4 Å². The Labute approximate surface area is 123 Å². The Balaban J connectivity index is 2.02. The molecule has 1 aliphatic rings. The Morgan fingerprint density at radius 2 is 1.85 bits per heavy atom. The Morgan fingerprint density at radius 1 is 1.20 bits per heavy atom. The molecule has 4 heteroatoms. The van der Waals surface area contributed by atoms with Gasteiger partial charge in [-0.1, -0.05) is 26.7 Å². The number of hydrogen-bond acceptors (Lipinski definition) is 2. The maximum Gasteiger partial charge on any atom is 0.251 e. The molecule has 1 aliphatic carbocycles. The summed E-state index contributed by atoms with van der Waals surface area (Å²) in [5.74, 6) is 1.17. The zero-order chi connectivity index (χ0) is 14.7. The van der Waals surface area contributed by atoms with Gasteiger partial charge in [-0.05, 0) is 42.5 Å². The monoisotopic (exact) mass is 293 g/mol. The Morgan fingerprint density at radius 3 is 2.45 bits per heavy atom. The van der Waals surface area contributed by atoms with Crippen LogP contribution in [-0.4, -0.2) is 22.4 Å². The average Bonchev–Trinajstić information content (AvgIpc) is 2.44. The maximum atomic E-state index is 12.3. The number of carbonyl (C=O) groups is 1. The van der Waals surface area contributed by atoms with E-state index < -0.39 is 10.8 Å². The molecule has 4 unspecified atom stereocenters. The summed E-state index contributed by atoms with van der Waals surface area (Å²) in [6, 6.07) is 7.30. The van der Waals surface area contributed by atoms with Crippen LogP contribution in [0, 0.1) is 11.8 Å². The smallest absolute Gasteiger partial charge is 0.251 e. The standard InChI is InChI=1S/C16H23NO2S/c1-11-5-4-6-15(12(11)2)17-16(18)13-7-9-14(10-8-13)20(3)19/h7-12,15H,4-6H2,1-3H3,(H,17,18). The quantitative estimate of drug-likeness (QED) is 0.931. The molecule has 0 heterocycles. The van der Waals surface area contributed by atoms with Gasteiger partial charge in [0.15, 0.2) is 0 Å². The summed E-state index contributed by atoms with van der Waals surface area (Å²) < 4.78 is 11.3. The van der Waals surface area contributed by atoms with Crippen LogP contribution in [0.1, 0.15) is 43.5 Å². The van der Waals surface area contributed by atoms with Gasteiger partial charge in [0.2, 0.25) is 0 Å². The van der Waals surface area contributed by atoms with Crippen LogP contribution in [0.15, 0.2) is 29.2 Å². The number of amides is 1. The second kappa shape index (κ2) is 6.53. The molecule has 4 atom stereocenters. The van der Waals surface area contributed by atoms with Crippen LogP contribution < -0.4 is 5.32 Å². The molecular weight excluding hydrogens is 270 g/mol. The van der Waals surface area contributed by atoms with Gasteiger partial charge in [0.25, 0.3) is 5.91 Å². The van der Waals surface area contributed by atoms with Crippen molar-refractivity contribution in [1.29, 1.82) is 0 Å². The molecule has 0 aromatic heterocycles. The van der Waals surface area contributed by atoms with E-state index in [1.807, 2.05) is 0 Å². The van der Waals surface area contributed by atoms with E-state index in [2.05, 4.69) is 19.2 Å². The first kappa shape index (κ1) is 15.2. The fourth-order valence-electron chi connectivity index (χ4n) is 2.84. The first-order valence-corrected chi connectivity index (χ1v) is 8.79. The molecule has 0 bridgehead atoms. The Hall–Kier alpha value is -1.16. The Kier molecular flexibility index (Phi) is 4.97. The molecule has 0 saturated heterocycles. The molecule has 1 N–H and O–H groups in total. The lowest BCUT2D eigenvalue weighted by atomic mass is 9.78. The fourth-order valence-corrected chi connectivity index (χ4v) is 3.35. The average molecular weight is 293 g/mol. The second-order valence-electron chi connectivity index (χ2n) is 5.83. The predicted octanol–water partition coefficient (Wildman–Crippen LogP) is 2.98. The summed E-state index contributed by atoms with van der Waals surface area (Å²) in [6.07, 6.45) is 5.14. The molecule has 2 rings (SSSR count). The van der Waals surface area contributed by atoms with Gasteiger partial charge in [0.05, 0.1) is 0 Å². The van der Waals surface area contributed by atoms with Gasteiger partial charge in [0, 0.05) is 33.6 Å². The highest BCUT2D eigenvalue weighted by Crippen LogP contribution is 2.29. The number of nitrogens with one attached hydrogen (secondary N) is 1. The lowest BCUT2D eigenvalue weighted by molar-refractivity contribution is 0.0891. The van der Waals surface area contributed by atoms with Gasteiger partial charge < -0.3 is 5.32 Å². The lowest BCUT2D eigenvalue weighted by Gasteiger charge is -2.34. The molecule has 1 saturated carbocycles. The largest absolute Gasteiger partial charge is 0.349 e. The van der Waals surface area contributed by atoms with E-state index in [9.17, 15) is 9.00 Å². The van der Waals surface area contributed by atoms with Gasteiger partial charge in [0.1, 0.15) is 0 Å². The van der Waals surface area contributed by atoms with Crippen molar-refractivity contribution in [2.45, 2.75) is 44.0 Å². The predicted molar refractivity (Wildman–Crippen MR) is 82.2 cm³/mol. The molecule has 3 nitrogen and oxygen atoms in total. The number of benzene rings is 1. The van der Waals surface area contributed by atoms with Crippen molar-refractivity contribution in [3.8, 4) is 0 Å². The van der Waals surface area contributed by atoms with Crippen LogP contribution in [0.25, 0.3) is 0 Å². The molecule has 1 aromatic rings. The maximum absolute atomic E-state index is 12.3. The van der Waals surface area contributed by atoms with E-state index in [1.165, 1.54) is 12.8 Å². The second-order valence-corrected chi connectivity index (χ2v) is 7.21. The molecule has 0 spiro atoms. The lowest BCUT2D eigenvalue weighted by Crippen LogP contribution is -2.43. The van der Waals surface area contributed by atoms with Crippen molar-refractivity contribution in [3.63, 3.8) is 0 Å². The van der Waals surface area contributed by atoms with Gasteiger partial charge in [-0.15, -0.1) is 0 Å². The molecule has 20 heavy (non-hydrogen) atoms. The van der Waals surface area contributed by atoms with E-state index >= 15 is 0 Å². The van der Waals surface area contributed by atoms with Crippen LogP contribution in [0.5, 0.6) is 0 Å². The number of rotatable bonds is 3. The van der Waals surface area contributed by atoms with Crippen molar-refractivity contribution in [2.24, 2.45) is 11.8 Å². The SMILES string of the molecule is CC1CCCC(NC(=O)c2ccc(S(C)=O)cc2)C1C. The normalized spacial score (nSPS) is 27.9. The minimum absolute atomic E-state index is 0.0237. The zero-order valence-electron chi connectivity index (χ0n) is 12.4. The summed E-state index contributed by atoms with van der Waals surface area (Å²) >= 11 is 0.